The van der Waals surface area contributed by atoms with Crippen LogP contribution in [0.1, 0.15) is 64.2 Å². The Hall–Kier alpha value is -2.26. The summed E-state index contributed by atoms with van der Waals surface area (Å²) in [4.78, 5) is 17.2. The van der Waals surface area contributed by atoms with Crippen molar-refractivity contribution >= 4 is 15.9 Å². The standard InChI is InChI=1S/C23H32N4O4S/c1-2-21-25-22(26-31-21)18-8-7-11-20(16-18)32(29,30)27-14-12-17(13-15-27)23(28)24-19-9-5-3-4-6-10-19/h7-8,11,16-17,19H,2-6,9-10,12-15H2,1H3,(H,24,28). The van der Waals surface area contributed by atoms with E-state index in [1.165, 1.54) is 30.0 Å². The number of nitrogens with zero attached hydrogens (tertiary/aromatic N) is 3. The van der Waals surface area contributed by atoms with E-state index in [2.05, 4.69) is 15.5 Å². The maximum atomic E-state index is 13.2. The van der Waals surface area contributed by atoms with Crippen molar-refractivity contribution in [1.82, 2.24) is 19.8 Å². The lowest BCUT2D eigenvalue weighted by Crippen LogP contribution is -2.45. The summed E-state index contributed by atoms with van der Waals surface area (Å²) < 4.78 is 33.1. The molecular formula is C23H32N4O4S. The van der Waals surface area contributed by atoms with Crippen molar-refractivity contribution in [2.45, 2.75) is 75.6 Å². The second kappa shape index (κ2) is 10.1. The maximum Gasteiger partial charge on any atom is 0.243 e. The highest BCUT2D eigenvalue weighted by atomic mass is 32.2. The highest BCUT2D eigenvalue weighted by Crippen LogP contribution is 2.27. The van der Waals surface area contributed by atoms with Gasteiger partial charge in [0.15, 0.2) is 0 Å². The molecular weight excluding hydrogens is 428 g/mol. The first-order chi connectivity index (χ1) is 15.5. The molecule has 0 radical (unpaired) electrons. The summed E-state index contributed by atoms with van der Waals surface area (Å²) in [6, 6.07) is 6.91. The first-order valence-electron chi connectivity index (χ1n) is 11.7. The van der Waals surface area contributed by atoms with Crippen LogP contribution < -0.4 is 5.32 Å². The summed E-state index contributed by atoms with van der Waals surface area (Å²) in [5.41, 5.74) is 0.604. The average molecular weight is 461 g/mol. The van der Waals surface area contributed by atoms with Crippen LogP contribution >= 0.6 is 0 Å². The lowest BCUT2D eigenvalue weighted by atomic mass is 9.96. The van der Waals surface area contributed by atoms with Crippen molar-refractivity contribution in [2.24, 2.45) is 5.92 Å². The summed E-state index contributed by atoms with van der Waals surface area (Å²) in [7, 11) is -3.66. The van der Waals surface area contributed by atoms with Crippen LogP contribution in [0.5, 0.6) is 0 Å². The van der Waals surface area contributed by atoms with Gasteiger partial charge in [0.2, 0.25) is 27.6 Å². The minimum absolute atomic E-state index is 0.0831. The molecule has 174 valence electrons. The summed E-state index contributed by atoms with van der Waals surface area (Å²) in [5.74, 6) is 0.855. The fraction of sp³-hybridized carbons (Fsp3) is 0.609. The molecule has 0 spiro atoms. The molecule has 1 saturated heterocycles. The van der Waals surface area contributed by atoms with E-state index in [4.69, 9.17) is 4.52 Å². The molecule has 1 N–H and O–H groups in total. The van der Waals surface area contributed by atoms with E-state index < -0.39 is 10.0 Å². The quantitative estimate of drug-likeness (QED) is 0.661. The van der Waals surface area contributed by atoms with Crippen molar-refractivity contribution in [3.63, 3.8) is 0 Å². The zero-order chi connectivity index (χ0) is 22.6. The molecule has 1 aliphatic heterocycles. The van der Waals surface area contributed by atoms with E-state index >= 15 is 0 Å². The second-order valence-corrected chi connectivity index (χ2v) is 10.7. The molecule has 1 aliphatic carbocycles. The fourth-order valence-corrected chi connectivity index (χ4v) is 6.08. The van der Waals surface area contributed by atoms with Crippen LogP contribution in [0.2, 0.25) is 0 Å². The van der Waals surface area contributed by atoms with E-state index in [9.17, 15) is 13.2 Å². The van der Waals surface area contributed by atoms with Gasteiger partial charge < -0.3 is 9.84 Å². The summed E-state index contributed by atoms with van der Waals surface area (Å²) in [6.07, 6.45) is 8.64. The molecule has 2 aliphatic rings. The van der Waals surface area contributed by atoms with Crippen molar-refractivity contribution in [3.05, 3.63) is 30.2 Å². The van der Waals surface area contributed by atoms with Crippen LogP contribution in [0.15, 0.2) is 33.7 Å². The van der Waals surface area contributed by atoms with Gasteiger partial charge in [-0.05, 0) is 37.8 Å². The van der Waals surface area contributed by atoms with E-state index in [0.29, 0.717) is 49.6 Å². The van der Waals surface area contributed by atoms with E-state index in [0.717, 1.165) is 12.8 Å². The first-order valence-corrected chi connectivity index (χ1v) is 13.1. The van der Waals surface area contributed by atoms with E-state index in [1.54, 1.807) is 24.3 Å². The number of carbonyl (C=O) groups excluding carboxylic acids is 1. The number of aryl methyl sites for hydroxylation is 1. The minimum Gasteiger partial charge on any atom is -0.353 e. The molecule has 1 aromatic heterocycles. The van der Waals surface area contributed by atoms with E-state index in [-0.39, 0.29) is 22.8 Å². The highest BCUT2D eigenvalue weighted by molar-refractivity contribution is 7.89. The molecule has 0 unspecified atom stereocenters. The van der Waals surface area contributed by atoms with Crippen LogP contribution in [0.3, 0.4) is 0 Å². The van der Waals surface area contributed by atoms with Gasteiger partial charge in [-0.1, -0.05) is 49.9 Å². The van der Waals surface area contributed by atoms with Crippen molar-refractivity contribution in [3.8, 4) is 11.4 Å². The monoisotopic (exact) mass is 460 g/mol. The number of rotatable bonds is 6. The number of sulfonamides is 1. The van der Waals surface area contributed by atoms with Gasteiger partial charge >= 0.3 is 0 Å². The number of nitrogens with one attached hydrogen (secondary N) is 1. The number of piperidine rings is 1. The number of aromatic nitrogens is 2. The van der Waals surface area contributed by atoms with Gasteiger partial charge in [0.25, 0.3) is 0 Å². The lowest BCUT2D eigenvalue weighted by molar-refractivity contribution is -0.126. The Balaban J connectivity index is 1.38. The number of hydrogen-bond donors (Lipinski definition) is 1. The Morgan fingerprint density at radius 3 is 2.50 bits per heavy atom. The predicted molar refractivity (Wildman–Crippen MR) is 120 cm³/mol. The number of benzene rings is 1. The molecule has 0 atom stereocenters. The Morgan fingerprint density at radius 2 is 1.84 bits per heavy atom. The average Bonchev–Trinajstić information content (AvgIpc) is 3.16. The number of carbonyl (C=O) groups is 1. The van der Waals surface area contributed by atoms with Gasteiger partial charge in [0.1, 0.15) is 0 Å². The van der Waals surface area contributed by atoms with Gasteiger partial charge in [0, 0.05) is 37.0 Å². The maximum absolute atomic E-state index is 13.2. The third kappa shape index (κ3) is 5.20. The third-order valence-corrected chi connectivity index (χ3v) is 8.42. The number of hydrogen-bond acceptors (Lipinski definition) is 6. The molecule has 1 aromatic carbocycles. The van der Waals surface area contributed by atoms with Crippen molar-refractivity contribution < 1.29 is 17.7 Å². The van der Waals surface area contributed by atoms with Gasteiger partial charge in [-0.15, -0.1) is 0 Å². The SMILES string of the molecule is CCc1nc(-c2cccc(S(=O)(=O)N3CCC(C(=O)NC4CCCCCC4)CC3)c2)no1. The van der Waals surface area contributed by atoms with Crippen LogP contribution in [0, 0.1) is 5.92 Å². The molecule has 2 aromatic rings. The Bertz CT molecular complexity index is 1020. The van der Waals surface area contributed by atoms with Crippen LogP contribution in [-0.2, 0) is 21.2 Å². The zero-order valence-corrected chi connectivity index (χ0v) is 19.4. The normalized spacial score (nSPS) is 19.5. The summed E-state index contributed by atoms with van der Waals surface area (Å²) >= 11 is 0. The molecule has 4 rings (SSSR count). The van der Waals surface area contributed by atoms with Gasteiger partial charge in [0.05, 0.1) is 4.90 Å². The minimum atomic E-state index is -3.66. The van der Waals surface area contributed by atoms with Crippen LogP contribution in [0.4, 0.5) is 0 Å². The molecule has 2 heterocycles. The van der Waals surface area contributed by atoms with Gasteiger partial charge in [-0.3, -0.25) is 4.79 Å². The largest absolute Gasteiger partial charge is 0.353 e. The van der Waals surface area contributed by atoms with Crippen LogP contribution in [-0.4, -0.2) is 47.9 Å². The fourth-order valence-electron chi connectivity index (χ4n) is 4.56. The van der Waals surface area contributed by atoms with Crippen LogP contribution in [0.25, 0.3) is 11.4 Å². The Labute approximate surface area is 189 Å². The Morgan fingerprint density at radius 1 is 1.12 bits per heavy atom. The molecule has 2 fully saturated rings. The lowest BCUT2D eigenvalue weighted by Gasteiger charge is -2.31. The Kier molecular flexibility index (Phi) is 7.25. The smallest absolute Gasteiger partial charge is 0.243 e. The molecule has 9 heteroatoms. The highest BCUT2D eigenvalue weighted by Gasteiger charge is 2.33. The van der Waals surface area contributed by atoms with Crippen molar-refractivity contribution in [1.29, 1.82) is 0 Å². The summed E-state index contributed by atoms with van der Waals surface area (Å²) in [6.45, 7) is 2.60. The molecule has 1 saturated carbocycles. The predicted octanol–water partition coefficient (Wildman–Crippen LogP) is 3.54. The molecule has 0 bridgehead atoms. The van der Waals surface area contributed by atoms with Gasteiger partial charge in [-0.25, -0.2) is 8.42 Å². The molecule has 1 amide bonds. The topological polar surface area (TPSA) is 105 Å². The van der Waals surface area contributed by atoms with E-state index in [1.807, 2.05) is 6.92 Å². The first kappa shape index (κ1) is 22.9. The summed E-state index contributed by atoms with van der Waals surface area (Å²) in [5, 5.41) is 7.15. The second-order valence-electron chi connectivity index (χ2n) is 8.77. The molecule has 32 heavy (non-hydrogen) atoms. The van der Waals surface area contributed by atoms with Gasteiger partial charge in [-0.2, -0.15) is 9.29 Å². The molecule has 8 nitrogen and oxygen atoms in total. The third-order valence-electron chi connectivity index (χ3n) is 6.53. The van der Waals surface area contributed by atoms with Crippen molar-refractivity contribution in [2.75, 3.05) is 13.1 Å². The zero-order valence-electron chi connectivity index (χ0n) is 18.6. The number of amides is 1.